The van der Waals surface area contributed by atoms with Gasteiger partial charge in [-0.05, 0) is 42.2 Å². The smallest absolute Gasteiger partial charge is 0.333 e. The van der Waals surface area contributed by atoms with E-state index < -0.39 is 23.2 Å². The lowest BCUT2D eigenvalue weighted by Crippen LogP contribution is -2.50. The highest BCUT2D eigenvalue weighted by atomic mass is 19.1. The van der Waals surface area contributed by atoms with Crippen LogP contribution in [0, 0.1) is 5.82 Å². The van der Waals surface area contributed by atoms with Crippen molar-refractivity contribution in [2.75, 3.05) is 0 Å². The predicted octanol–water partition coefficient (Wildman–Crippen LogP) is 3.05. The quantitative estimate of drug-likeness (QED) is 0.856. The molecule has 0 aromatic heterocycles. The molecule has 1 unspecified atom stereocenters. The number of amides is 1. The summed E-state index contributed by atoms with van der Waals surface area (Å²) in [4.78, 5) is 23.9. The monoisotopic (exact) mass is 329 g/mol. The zero-order chi connectivity index (χ0) is 17.7. The molecule has 24 heavy (non-hydrogen) atoms. The topological polar surface area (TPSA) is 66.4 Å². The van der Waals surface area contributed by atoms with Gasteiger partial charge in [-0.25, -0.2) is 9.18 Å². The van der Waals surface area contributed by atoms with Gasteiger partial charge in [0.05, 0.1) is 6.42 Å². The van der Waals surface area contributed by atoms with Gasteiger partial charge in [0.25, 0.3) is 0 Å². The second kappa shape index (κ2) is 7.25. The predicted molar refractivity (Wildman–Crippen MR) is 89.1 cm³/mol. The van der Waals surface area contributed by atoms with E-state index in [2.05, 4.69) is 5.32 Å². The molecule has 2 aromatic rings. The average molecular weight is 329 g/mol. The number of nitrogens with one attached hydrogen (secondary N) is 1. The Morgan fingerprint density at radius 3 is 2.08 bits per heavy atom. The molecule has 0 fully saturated rings. The minimum Gasteiger partial charge on any atom is -0.479 e. The van der Waals surface area contributed by atoms with Crippen LogP contribution in [0.15, 0.2) is 48.5 Å². The Labute approximate surface area is 140 Å². The van der Waals surface area contributed by atoms with Crippen LogP contribution < -0.4 is 5.32 Å². The largest absolute Gasteiger partial charge is 0.479 e. The van der Waals surface area contributed by atoms with E-state index >= 15 is 0 Å². The summed E-state index contributed by atoms with van der Waals surface area (Å²) in [7, 11) is 0. The number of carbonyl (C=O) groups is 2. The van der Waals surface area contributed by atoms with E-state index in [9.17, 15) is 19.1 Å². The number of halogens is 1. The fourth-order valence-electron chi connectivity index (χ4n) is 2.43. The van der Waals surface area contributed by atoms with Crippen LogP contribution >= 0.6 is 0 Å². The summed E-state index contributed by atoms with van der Waals surface area (Å²) in [5, 5.41) is 12.1. The molecular weight excluding hydrogens is 309 g/mol. The van der Waals surface area contributed by atoms with E-state index in [1.54, 1.807) is 0 Å². The van der Waals surface area contributed by atoms with Crippen LogP contribution in [0.5, 0.6) is 0 Å². The third-order valence-electron chi connectivity index (χ3n) is 4.03. The molecule has 0 aliphatic rings. The van der Waals surface area contributed by atoms with Crippen molar-refractivity contribution in [3.63, 3.8) is 0 Å². The molecule has 0 aliphatic heterocycles. The molecule has 5 heteroatoms. The summed E-state index contributed by atoms with van der Waals surface area (Å²) < 4.78 is 13.1. The lowest BCUT2D eigenvalue weighted by molar-refractivity contribution is -0.147. The van der Waals surface area contributed by atoms with Crippen molar-refractivity contribution in [2.45, 2.75) is 32.2 Å². The Hall–Kier alpha value is -2.69. The maximum Gasteiger partial charge on any atom is 0.333 e. The van der Waals surface area contributed by atoms with Gasteiger partial charge >= 0.3 is 5.97 Å². The first-order valence-corrected chi connectivity index (χ1v) is 7.73. The summed E-state index contributed by atoms with van der Waals surface area (Å²) in [6.45, 7) is 3.43. The third-order valence-corrected chi connectivity index (χ3v) is 4.03. The van der Waals surface area contributed by atoms with Crippen molar-refractivity contribution < 1.29 is 19.1 Å². The van der Waals surface area contributed by atoms with Gasteiger partial charge in [-0.2, -0.15) is 0 Å². The number of carbonyl (C=O) groups excluding carboxylic acids is 1. The first-order valence-electron chi connectivity index (χ1n) is 7.73. The molecule has 0 saturated carbocycles. The molecule has 1 amide bonds. The lowest BCUT2D eigenvalue weighted by atomic mass is 9.91. The normalized spacial score (nSPS) is 13.1. The van der Waals surface area contributed by atoms with Crippen LogP contribution in [0.2, 0.25) is 0 Å². The lowest BCUT2D eigenvalue weighted by Gasteiger charge is -2.27. The molecule has 0 spiro atoms. The fourth-order valence-corrected chi connectivity index (χ4v) is 2.43. The van der Waals surface area contributed by atoms with Gasteiger partial charge in [-0.3, -0.25) is 4.79 Å². The van der Waals surface area contributed by atoms with Crippen molar-refractivity contribution in [1.82, 2.24) is 5.32 Å². The van der Waals surface area contributed by atoms with Crippen LogP contribution in [0.4, 0.5) is 4.39 Å². The number of aliphatic carboxylic acids is 1. The summed E-state index contributed by atoms with van der Waals surface area (Å²) in [6.07, 6.45) is 0.988. The van der Waals surface area contributed by atoms with Crippen LogP contribution in [-0.4, -0.2) is 17.0 Å². The van der Waals surface area contributed by atoms with Gasteiger partial charge in [0.15, 0.2) is 5.54 Å². The number of aryl methyl sites for hydroxylation is 1. The minimum absolute atomic E-state index is 0.0774. The standard InChI is InChI=1S/C19H20FNO3/c1-3-13-4-6-14(7-5-13)12-17(22)21-19(2,18(23)24)15-8-10-16(20)11-9-15/h4-11H,3,12H2,1-2H3,(H,21,22)(H,23,24). The highest BCUT2D eigenvalue weighted by Gasteiger charge is 2.36. The number of hydrogen-bond donors (Lipinski definition) is 2. The molecule has 0 radical (unpaired) electrons. The molecule has 0 heterocycles. The SMILES string of the molecule is CCc1ccc(CC(=O)NC(C)(C(=O)O)c2ccc(F)cc2)cc1. The van der Waals surface area contributed by atoms with Crippen LogP contribution in [-0.2, 0) is 28.0 Å². The van der Waals surface area contributed by atoms with Crippen molar-refractivity contribution in [3.05, 3.63) is 71.0 Å². The van der Waals surface area contributed by atoms with E-state index in [-0.39, 0.29) is 6.42 Å². The number of carboxylic acid groups (broad SMARTS) is 1. The molecule has 126 valence electrons. The summed E-state index contributed by atoms with van der Waals surface area (Å²) >= 11 is 0. The summed E-state index contributed by atoms with van der Waals surface area (Å²) in [6, 6.07) is 12.7. The Kier molecular flexibility index (Phi) is 5.34. The summed E-state index contributed by atoms with van der Waals surface area (Å²) in [5.74, 6) is -2.08. The third kappa shape index (κ3) is 3.98. The second-order valence-corrected chi connectivity index (χ2v) is 5.83. The van der Waals surface area contributed by atoms with Crippen molar-refractivity contribution in [2.24, 2.45) is 0 Å². The van der Waals surface area contributed by atoms with Crippen molar-refractivity contribution in [1.29, 1.82) is 0 Å². The van der Waals surface area contributed by atoms with Gasteiger partial charge in [0, 0.05) is 0 Å². The van der Waals surface area contributed by atoms with E-state index in [1.165, 1.54) is 36.8 Å². The van der Waals surface area contributed by atoms with Crippen LogP contribution in [0.1, 0.15) is 30.5 Å². The Bertz CT molecular complexity index is 725. The zero-order valence-corrected chi connectivity index (χ0v) is 13.7. The first kappa shape index (κ1) is 17.7. The van der Waals surface area contributed by atoms with Gasteiger partial charge < -0.3 is 10.4 Å². The maximum atomic E-state index is 13.1. The van der Waals surface area contributed by atoms with Gasteiger partial charge in [0.1, 0.15) is 5.82 Å². The number of benzene rings is 2. The van der Waals surface area contributed by atoms with Gasteiger partial charge in [-0.15, -0.1) is 0 Å². The average Bonchev–Trinajstić information content (AvgIpc) is 2.55. The second-order valence-electron chi connectivity index (χ2n) is 5.83. The zero-order valence-electron chi connectivity index (χ0n) is 13.7. The molecule has 2 rings (SSSR count). The summed E-state index contributed by atoms with van der Waals surface area (Å²) in [5.41, 5.74) is 0.664. The molecule has 2 N–H and O–H groups in total. The fraction of sp³-hybridized carbons (Fsp3) is 0.263. The first-order chi connectivity index (χ1) is 11.3. The van der Waals surface area contributed by atoms with Gasteiger partial charge in [-0.1, -0.05) is 43.3 Å². The molecule has 2 aromatic carbocycles. The van der Waals surface area contributed by atoms with Crippen LogP contribution in [0.25, 0.3) is 0 Å². The maximum absolute atomic E-state index is 13.1. The number of hydrogen-bond acceptors (Lipinski definition) is 2. The minimum atomic E-state index is -1.62. The molecule has 4 nitrogen and oxygen atoms in total. The number of rotatable bonds is 6. The van der Waals surface area contributed by atoms with Crippen LogP contribution in [0.3, 0.4) is 0 Å². The molecule has 0 saturated heterocycles. The molecule has 0 bridgehead atoms. The number of carboxylic acids is 1. The van der Waals surface area contributed by atoms with Crippen molar-refractivity contribution in [3.8, 4) is 0 Å². The van der Waals surface area contributed by atoms with Crippen molar-refractivity contribution >= 4 is 11.9 Å². The molecule has 0 aliphatic carbocycles. The van der Waals surface area contributed by atoms with E-state index in [0.29, 0.717) is 5.56 Å². The Morgan fingerprint density at radius 1 is 1.04 bits per heavy atom. The Balaban J connectivity index is 2.15. The molecule has 1 atom stereocenters. The van der Waals surface area contributed by atoms with E-state index in [4.69, 9.17) is 0 Å². The highest BCUT2D eigenvalue weighted by molar-refractivity contribution is 5.88. The van der Waals surface area contributed by atoms with E-state index in [0.717, 1.165) is 12.0 Å². The van der Waals surface area contributed by atoms with Gasteiger partial charge in [0.2, 0.25) is 5.91 Å². The van der Waals surface area contributed by atoms with E-state index in [1.807, 2.05) is 31.2 Å². The highest BCUT2D eigenvalue weighted by Crippen LogP contribution is 2.22. The molecular formula is C19H20FNO3. The Morgan fingerprint density at radius 2 is 1.58 bits per heavy atom.